The molecule has 0 aliphatic carbocycles. The van der Waals surface area contributed by atoms with Crippen molar-refractivity contribution in [3.05, 3.63) is 47.5 Å². The third-order valence-corrected chi connectivity index (χ3v) is 4.57. The number of aromatic hydroxyl groups is 1. The number of amides is 2. The molecule has 0 fully saturated rings. The molecule has 9 heteroatoms. The molecule has 2 amide bonds. The van der Waals surface area contributed by atoms with Gasteiger partial charge in [0, 0.05) is 18.5 Å². The fourth-order valence-electron chi connectivity index (χ4n) is 2.94. The number of methoxy groups -OCH3 is 3. The molecule has 9 nitrogen and oxygen atoms in total. The molecule has 0 heterocycles. The largest absolute Gasteiger partial charge is 0.508 e. The lowest BCUT2D eigenvalue weighted by molar-refractivity contribution is -0.121. The van der Waals surface area contributed by atoms with Crippen molar-refractivity contribution in [2.24, 2.45) is 5.10 Å². The molecule has 3 N–H and O–H groups in total. The Kier molecular flexibility index (Phi) is 9.83. The van der Waals surface area contributed by atoms with E-state index in [2.05, 4.69) is 15.8 Å². The van der Waals surface area contributed by atoms with Crippen LogP contribution in [0, 0.1) is 0 Å². The number of phenolic OH excluding ortho intramolecular Hbond substituents is 1. The molecule has 0 aliphatic rings. The average molecular weight is 444 g/mol. The Morgan fingerprint density at radius 1 is 1.00 bits per heavy atom. The third-order valence-electron chi connectivity index (χ3n) is 4.57. The molecular formula is C23H29N3O6. The molecule has 0 saturated heterocycles. The van der Waals surface area contributed by atoms with Crippen LogP contribution < -0.4 is 25.0 Å². The number of nitrogens with zero attached hydrogens (tertiary/aromatic N) is 1. The molecule has 2 rings (SSSR count). The molecule has 0 saturated carbocycles. The molecule has 0 unspecified atom stereocenters. The Balaban J connectivity index is 1.68. The van der Waals surface area contributed by atoms with E-state index < -0.39 is 0 Å². The molecule has 0 spiro atoms. The second-order valence-corrected chi connectivity index (χ2v) is 6.87. The molecule has 0 atom stereocenters. The number of hydrogen-bond donors (Lipinski definition) is 3. The Morgan fingerprint density at radius 2 is 1.72 bits per heavy atom. The molecule has 0 aliphatic heterocycles. The van der Waals surface area contributed by atoms with Gasteiger partial charge < -0.3 is 24.6 Å². The number of hydrogen-bond acceptors (Lipinski definition) is 7. The standard InChI is InChI=1S/C23H29N3O6/c1-30-19-13-17(14-20(31-2)22(19)32-3)23(29)24-11-6-4-5-10-21(28)26-25-15-16-8-7-9-18(27)12-16/h7-9,12-15,27H,4-6,10-11H2,1-3H3,(H,24,29)(H,26,28). The number of benzene rings is 2. The van der Waals surface area contributed by atoms with Crippen LogP contribution in [-0.4, -0.2) is 51.0 Å². The van der Waals surface area contributed by atoms with E-state index in [4.69, 9.17) is 14.2 Å². The molecule has 2 aromatic carbocycles. The highest BCUT2D eigenvalue weighted by Gasteiger charge is 2.16. The molecule has 0 bridgehead atoms. The first-order chi connectivity index (χ1) is 15.5. The van der Waals surface area contributed by atoms with Crippen LogP contribution in [0.5, 0.6) is 23.0 Å². The lowest BCUT2D eigenvalue weighted by Crippen LogP contribution is -2.24. The van der Waals surface area contributed by atoms with Crippen molar-refractivity contribution in [1.29, 1.82) is 0 Å². The second kappa shape index (κ2) is 12.8. The molecule has 0 aromatic heterocycles. The lowest BCUT2D eigenvalue weighted by atomic mass is 10.1. The number of rotatable bonds is 12. The highest BCUT2D eigenvalue weighted by atomic mass is 16.5. The summed E-state index contributed by atoms with van der Waals surface area (Å²) in [6.45, 7) is 0.479. The Hall–Kier alpha value is -3.75. The van der Waals surface area contributed by atoms with E-state index in [1.165, 1.54) is 27.5 Å². The zero-order chi connectivity index (χ0) is 23.3. The summed E-state index contributed by atoms with van der Waals surface area (Å²) in [5, 5.41) is 16.1. The fourth-order valence-corrected chi connectivity index (χ4v) is 2.94. The number of carbonyl (C=O) groups is 2. The summed E-state index contributed by atoms with van der Waals surface area (Å²) in [4.78, 5) is 24.2. The van der Waals surface area contributed by atoms with Crippen molar-refractivity contribution in [3.8, 4) is 23.0 Å². The SMILES string of the molecule is COc1cc(C(=O)NCCCCCC(=O)NN=Cc2cccc(O)c2)cc(OC)c1OC. The van der Waals surface area contributed by atoms with E-state index in [1.54, 1.807) is 36.4 Å². The minimum absolute atomic E-state index is 0.137. The molecule has 2 aromatic rings. The van der Waals surface area contributed by atoms with Gasteiger partial charge in [-0.05, 0) is 42.7 Å². The van der Waals surface area contributed by atoms with Crippen molar-refractivity contribution in [2.45, 2.75) is 25.7 Å². The van der Waals surface area contributed by atoms with Crippen LogP contribution in [0.2, 0.25) is 0 Å². The van der Waals surface area contributed by atoms with Gasteiger partial charge in [0.1, 0.15) is 5.75 Å². The summed E-state index contributed by atoms with van der Waals surface area (Å²) in [6.07, 6.45) is 3.98. The van der Waals surface area contributed by atoms with Crippen molar-refractivity contribution in [3.63, 3.8) is 0 Å². The monoisotopic (exact) mass is 443 g/mol. The first-order valence-corrected chi connectivity index (χ1v) is 10.2. The van der Waals surface area contributed by atoms with Gasteiger partial charge in [-0.15, -0.1) is 0 Å². The second-order valence-electron chi connectivity index (χ2n) is 6.87. The van der Waals surface area contributed by atoms with Gasteiger partial charge in [-0.1, -0.05) is 18.6 Å². The summed E-state index contributed by atoms with van der Waals surface area (Å²) in [6, 6.07) is 9.75. The van der Waals surface area contributed by atoms with Crippen molar-refractivity contribution < 1.29 is 28.9 Å². The number of carbonyl (C=O) groups excluding carboxylic acids is 2. The summed E-state index contributed by atoms with van der Waals surface area (Å²) >= 11 is 0. The Labute approximate surface area is 187 Å². The van der Waals surface area contributed by atoms with Crippen LogP contribution in [0.15, 0.2) is 41.5 Å². The first kappa shape index (κ1) is 24.5. The van der Waals surface area contributed by atoms with Crippen LogP contribution in [0.1, 0.15) is 41.6 Å². The van der Waals surface area contributed by atoms with E-state index in [0.717, 1.165) is 12.8 Å². The van der Waals surface area contributed by atoms with E-state index in [-0.39, 0.29) is 17.6 Å². The van der Waals surface area contributed by atoms with Gasteiger partial charge in [-0.2, -0.15) is 5.10 Å². The van der Waals surface area contributed by atoms with Crippen LogP contribution in [-0.2, 0) is 4.79 Å². The highest BCUT2D eigenvalue weighted by molar-refractivity contribution is 5.95. The summed E-state index contributed by atoms with van der Waals surface area (Å²) in [7, 11) is 4.49. The maximum Gasteiger partial charge on any atom is 0.251 e. The van der Waals surface area contributed by atoms with Crippen LogP contribution >= 0.6 is 0 Å². The molecule has 172 valence electrons. The third kappa shape index (κ3) is 7.50. The maximum atomic E-state index is 12.4. The number of phenols is 1. The first-order valence-electron chi connectivity index (χ1n) is 10.2. The van der Waals surface area contributed by atoms with Gasteiger partial charge >= 0.3 is 0 Å². The zero-order valence-electron chi connectivity index (χ0n) is 18.5. The molecular weight excluding hydrogens is 414 g/mol. The predicted molar refractivity (Wildman–Crippen MR) is 121 cm³/mol. The van der Waals surface area contributed by atoms with Gasteiger partial charge in [-0.3, -0.25) is 9.59 Å². The van der Waals surface area contributed by atoms with Gasteiger partial charge in [0.2, 0.25) is 11.7 Å². The number of hydrazone groups is 1. The van der Waals surface area contributed by atoms with Crippen molar-refractivity contribution in [2.75, 3.05) is 27.9 Å². The molecule has 32 heavy (non-hydrogen) atoms. The molecule has 0 radical (unpaired) electrons. The summed E-state index contributed by atoms with van der Waals surface area (Å²) in [5.74, 6) is 0.948. The maximum absolute atomic E-state index is 12.4. The normalized spacial score (nSPS) is 10.6. The Morgan fingerprint density at radius 3 is 2.34 bits per heavy atom. The quantitative estimate of drug-likeness (QED) is 0.264. The number of nitrogens with one attached hydrogen (secondary N) is 2. The lowest BCUT2D eigenvalue weighted by Gasteiger charge is -2.14. The van der Waals surface area contributed by atoms with Crippen LogP contribution in [0.3, 0.4) is 0 Å². The van der Waals surface area contributed by atoms with Gasteiger partial charge in [0.15, 0.2) is 11.5 Å². The van der Waals surface area contributed by atoms with Crippen molar-refractivity contribution >= 4 is 18.0 Å². The predicted octanol–water partition coefficient (Wildman–Crippen LogP) is 2.86. The van der Waals surface area contributed by atoms with Gasteiger partial charge in [0.25, 0.3) is 5.91 Å². The van der Waals surface area contributed by atoms with Crippen molar-refractivity contribution in [1.82, 2.24) is 10.7 Å². The minimum atomic E-state index is -0.247. The highest BCUT2D eigenvalue weighted by Crippen LogP contribution is 2.38. The average Bonchev–Trinajstić information content (AvgIpc) is 2.80. The van der Waals surface area contributed by atoms with Crippen LogP contribution in [0.25, 0.3) is 0 Å². The fraction of sp³-hybridized carbons (Fsp3) is 0.348. The number of unbranched alkanes of at least 4 members (excludes halogenated alkanes) is 2. The van der Waals surface area contributed by atoms with E-state index >= 15 is 0 Å². The smallest absolute Gasteiger partial charge is 0.251 e. The Bertz CT molecular complexity index is 920. The van der Waals surface area contributed by atoms with E-state index in [9.17, 15) is 14.7 Å². The topological polar surface area (TPSA) is 118 Å². The minimum Gasteiger partial charge on any atom is -0.508 e. The van der Waals surface area contributed by atoms with E-state index in [0.29, 0.717) is 47.8 Å². The zero-order valence-corrected chi connectivity index (χ0v) is 18.5. The van der Waals surface area contributed by atoms with Gasteiger partial charge in [-0.25, -0.2) is 5.43 Å². The number of ether oxygens (including phenoxy) is 3. The van der Waals surface area contributed by atoms with Crippen LogP contribution in [0.4, 0.5) is 0 Å². The van der Waals surface area contributed by atoms with E-state index in [1.807, 2.05) is 0 Å². The summed E-state index contributed by atoms with van der Waals surface area (Å²) < 4.78 is 15.8. The van der Waals surface area contributed by atoms with Gasteiger partial charge in [0.05, 0.1) is 27.5 Å². The summed E-state index contributed by atoms with van der Waals surface area (Å²) in [5.41, 5.74) is 3.55.